The number of benzene rings is 2. The number of nitrogens with one attached hydrogen (secondary N) is 1. The molecule has 0 atom stereocenters. The van der Waals surface area contributed by atoms with Crippen LogP contribution in [0.2, 0.25) is 5.02 Å². The first-order valence-corrected chi connectivity index (χ1v) is 9.29. The first-order chi connectivity index (χ1) is 13.0. The van der Waals surface area contributed by atoms with Crippen LogP contribution in [0, 0.1) is 5.82 Å². The number of carbonyl (C=O) groups excluding carboxylic acids is 1. The zero-order chi connectivity index (χ0) is 19.2. The summed E-state index contributed by atoms with van der Waals surface area (Å²) >= 11 is 5.73. The highest BCUT2D eigenvalue weighted by atomic mass is 35.5. The van der Waals surface area contributed by atoms with E-state index in [0.29, 0.717) is 18.7 Å². The van der Waals surface area contributed by atoms with Crippen LogP contribution in [0.25, 0.3) is 0 Å². The molecule has 7 heteroatoms. The molecule has 27 heavy (non-hydrogen) atoms. The maximum absolute atomic E-state index is 13.2. The molecule has 1 saturated heterocycles. The van der Waals surface area contributed by atoms with Crippen LogP contribution < -0.4 is 15.0 Å². The summed E-state index contributed by atoms with van der Waals surface area (Å²) in [6.45, 7) is 4.34. The van der Waals surface area contributed by atoms with Crippen molar-refractivity contribution in [2.45, 2.75) is 6.42 Å². The standard InChI is InChI=1S/C20H23ClFN3O2/c1-27-17-5-3-16(4-6-17)25-12-10-24(11-13-25)9-8-20(26)23-15-2-7-19(22)18(21)14-15/h2-7,14H,8-13H2,1H3,(H,23,26). The van der Waals surface area contributed by atoms with Crippen LogP contribution in [0.3, 0.4) is 0 Å². The lowest BCUT2D eigenvalue weighted by molar-refractivity contribution is -0.116. The Morgan fingerprint density at radius 2 is 1.85 bits per heavy atom. The third-order valence-electron chi connectivity index (χ3n) is 4.67. The van der Waals surface area contributed by atoms with Gasteiger partial charge >= 0.3 is 0 Å². The summed E-state index contributed by atoms with van der Waals surface area (Å²) in [5, 5.41) is 2.76. The molecular formula is C20H23ClFN3O2. The topological polar surface area (TPSA) is 44.8 Å². The lowest BCUT2D eigenvalue weighted by atomic mass is 10.2. The zero-order valence-corrected chi connectivity index (χ0v) is 16.0. The van der Waals surface area contributed by atoms with Crippen LogP contribution in [0.1, 0.15) is 6.42 Å². The van der Waals surface area contributed by atoms with E-state index in [4.69, 9.17) is 16.3 Å². The summed E-state index contributed by atoms with van der Waals surface area (Å²) in [5.41, 5.74) is 1.69. The van der Waals surface area contributed by atoms with Gasteiger partial charge in [-0.1, -0.05) is 11.6 Å². The molecule has 0 saturated carbocycles. The number of nitrogens with zero attached hydrogens (tertiary/aromatic N) is 2. The Kier molecular flexibility index (Phi) is 6.53. The van der Waals surface area contributed by atoms with E-state index in [1.165, 1.54) is 23.9 Å². The minimum Gasteiger partial charge on any atom is -0.497 e. The van der Waals surface area contributed by atoms with E-state index in [1.54, 1.807) is 7.11 Å². The van der Waals surface area contributed by atoms with Gasteiger partial charge in [0.15, 0.2) is 0 Å². The van der Waals surface area contributed by atoms with Gasteiger partial charge in [0.2, 0.25) is 5.91 Å². The third kappa shape index (κ3) is 5.34. The van der Waals surface area contributed by atoms with Crippen molar-refractivity contribution in [1.29, 1.82) is 0 Å². The van der Waals surface area contributed by atoms with Crippen molar-refractivity contribution in [3.63, 3.8) is 0 Å². The molecule has 144 valence electrons. The highest BCUT2D eigenvalue weighted by Gasteiger charge is 2.18. The van der Waals surface area contributed by atoms with Crippen molar-refractivity contribution in [1.82, 2.24) is 4.90 Å². The second kappa shape index (κ2) is 9.06. The van der Waals surface area contributed by atoms with E-state index in [-0.39, 0.29) is 10.9 Å². The predicted octanol–water partition coefficient (Wildman–Crippen LogP) is 3.64. The fourth-order valence-electron chi connectivity index (χ4n) is 3.08. The zero-order valence-electron chi connectivity index (χ0n) is 15.3. The molecule has 2 aromatic carbocycles. The van der Waals surface area contributed by atoms with Gasteiger partial charge in [0, 0.05) is 50.5 Å². The van der Waals surface area contributed by atoms with Crippen LogP contribution in [0.5, 0.6) is 5.75 Å². The Morgan fingerprint density at radius 1 is 1.15 bits per heavy atom. The Balaban J connectivity index is 1.42. The summed E-state index contributed by atoms with van der Waals surface area (Å²) in [5.74, 6) is 0.255. The van der Waals surface area contributed by atoms with E-state index >= 15 is 0 Å². The number of anilines is 2. The molecule has 3 rings (SSSR count). The Hall–Kier alpha value is -2.31. The number of hydrogen-bond acceptors (Lipinski definition) is 4. The Labute approximate surface area is 163 Å². The number of rotatable bonds is 6. The monoisotopic (exact) mass is 391 g/mol. The summed E-state index contributed by atoms with van der Waals surface area (Å²) < 4.78 is 18.4. The number of carbonyl (C=O) groups is 1. The molecule has 0 aliphatic carbocycles. The molecule has 0 bridgehead atoms. The van der Waals surface area contributed by atoms with Gasteiger partial charge in [-0.15, -0.1) is 0 Å². The first-order valence-electron chi connectivity index (χ1n) is 8.91. The highest BCUT2D eigenvalue weighted by molar-refractivity contribution is 6.31. The van der Waals surface area contributed by atoms with Crippen LogP contribution in [-0.4, -0.2) is 50.6 Å². The van der Waals surface area contributed by atoms with E-state index in [1.807, 2.05) is 12.1 Å². The lowest BCUT2D eigenvalue weighted by Crippen LogP contribution is -2.47. The number of halogens is 2. The van der Waals surface area contributed by atoms with Gasteiger partial charge in [-0.3, -0.25) is 9.69 Å². The SMILES string of the molecule is COc1ccc(N2CCN(CCC(=O)Nc3ccc(F)c(Cl)c3)CC2)cc1. The minimum atomic E-state index is -0.496. The molecule has 0 unspecified atom stereocenters. The van der Waals surface area contributed by atoms with Gasteiger partial charge in [0.1, 0.15) is 11.6 Å². The summed E-state index contributed by atoms with van der Waals surface area (Å²) in [4.78, 5) is 16.7. The van der Waals surface area contributed by atoms with Gasteiger partial charge in [-0.05, 0) is 42.5 Å². The van der Waals surface area contributed by atoms with Crippen LogP contribution in [0.15, 0.2) is 42.5 Å². The quantitative estimate of drug-likeness (QED) is 0.816. The molecule has 1 aliphatic rings. The van der Waals surface area contributed by atoms with Gasteiger partial charge in [-0.2, -0.15) is 0 Å². The lowest BCUT2D eigenvalue weighted by Gasteiger charge is -2.36. The molecule has 1 N–H and O–H groups in total. The maximum Gasteiger partial charge on any atom is 0.225 e. The van der Waals surface area contributed by atoms with E-state index in [2.05, 4.69) is 27.2 Å². The van der Waals surface area contributed by atoms with Crippen molar-refractivity contribution in [2.24, 2.45) is 0 Å². The summed E-state index contributed by atoms with van der Waals surface area (Å²) in [7, 11) is 1.66. The Bertz CT molecular complexity index is 777. The minimum absolute atomic E-state index is 0.00227. The van der Waals surface area contributed by atoms with Gasteiger partial charge in [0.05, 0.1) is 12.1 Å². The second-order valence-electron chi connectivity index (χ2n) is 6.45. The number of ether oxygens (including phenoxy) is 1. The molecule has 2 aromatic rings. The molecule has 1 aliphatic heterocycles. The number of amides is 1. The number of methoxy groups -OCH3 is 1. The summed E-state index contributed by atoms with van der Waals surface area (Å²) in [6.07, 6.45) is 0.386. The molecule has 1 amide bonds. The van der Waals surface area contributed by atoms with Crippen LogP contribution in [0.4, 0.5) is 15.8 Å². The average Bonchev–Trinajstić information content (AvgIpc) is 2.70. The number of piperazine rings is 1. The molecule has 1 fully saturated rings. The Morgan fingerprint density at radius 3 is 2.48 bits per heavy atom. The smallest absolute Gasteiger partial charge is 0.225 e. The predicted molar refractivity (Wildman–Crippen MR) is 106 cm³/mol. The normalized spacial score (nSPS) is 14.9. The average molecular weight is 392 g/mol. The van der Waals surface area contributed by atoms with Crippen LogP contribution in [-0.2, 0) is 4.79 Å². The van der Waals surface area contributed by atoms with E-state index in [0.717, 1.165) is 31.9 Å². The highest BCUT2D eigenvalue weighted by Crippen LogP contribution is 2.21. The summed E-state index contributed by atoms with van der Waals surface area (Å²) in [6, 6.07) is 12.2. The first kappa shape index (κ1) is 19.5. The van der Waals surface area contributed by atoms with Gasteiger partial charge in [0.25, 0.3) is 0 Å². The largest absolute Gasteiger partial charge is 0.497 e. The van der Waals surface area contributed by atoms with Gasteiger partial charge in [-0.25, -0.2) is 4.39 Å². The molecule has 0 radical (unpaired) electrons. The van der Waals surface area contributed by atoms with Crippen molar-refractivity contribution in [3.05, 3.63) is 53.3 Å². The third-order valence-corrected chi connectivity index (χ3v) is 4.96. The van der Waals surface area contributed by atoms with Crippen molar-refractivity contribution in [3.8, 4) is 5.75 Å². The molecule has 1 heterocycles. The molecule has 5 nitrogen and oxygen atoms in total. The second-order valence-corrected chi connectivity index (χ2v) is 6.86. The molecule has 0 aromatic heterocycles. The van der Waals surface area contributed by atoms with Crippen molar-refractivity contribution >= 4 is 28.9 Å². The fourth-order valence-corrected chi connectivity index (χ4v) is 3.26. The van der Waals surface area contributed by atoms with Gasteiger partial charge < -0.3 is 15.0 Å². The fraction of sp³-hybridized carbons (Fsp3) is 0.350. The van der Waals surface area contributed by atoms with Crippen molar-refractivity contribution in [2.75, 3.05) is 50.1 Å². The number of hydrogen-bond donors (Lipinski definition) is 1. The maximum atomic E-state index is 13.2. The van der Waals surface area contributed by atoms with E-state index < -0.39 is 5.82 Å². The van der Waals surface area contributed by atoms with Crippen LogP contribution >= 0.6 is 11.6 Å². The molecular weight excluding hydrogens is 369 g/mol. The van der Waals surface area contributed by atoms with E-state index in [9.17, 15) is 9.18 Å². The van der Waals surface area contributed by atoms with Crippen molar-refractivity contribution < 1.29 is 13.9 Å². The molecule has 0 spiro atoms.